The second kappa shape index (κ2) is 8.60. The number of aryl methyl sites for hydroxylation is 1. The van der Waals surface area contributed by atoms with Crippen molar-refractivity contribution < 1.29 is 9.90 Å². The van der Waals surface area contributed by atoms with Crippen LogP contribution in [0, 0.1) is 25.2 Å². The van der Waals surface area contributed by atoms with Crippen LogP contribution in [0.1, 0.15) is 21.6 Å². The van der Waals surface area contributed by atoms with Gasteiger partial charge in [0.05, 0.1) is 18.7 Å². The van der Waals surface area contributed by atoms with Gasteiger partial charge in [-0.2, -0.15) is 5.26 Å². The maximum atomic E-state index is 12.3. The number of benzene rings is 1. The van der Waals surface area contributed by atoms with Gasteiger partial charge in [-0.05, 0) is 25.0 Å². The van der Waals surface area contributed by atoms with E-state index in [9.17, 15) is 15.2 Å². The van der Waals surface area contributed by atoms with Crippen LogP contribution in [0.4, 0.5) is 5.00 Å². The molecule has 24 heavy (non-hydrogen) atoms. The summed E-state index contributed by atoms with van der Waals surface area (Å²) in [6, 6.07) is 12.0. The Kier molecular flexibility index (Phi) is 6.50. The fourth-order valence-corrected chi connectivity index (χ4v) is 3.44. The fraction of sp³-hybridized carbons (Fsp3) is 0.333. The van der Waals surface area contributed by atoms with Crippen LogP contribution in [-0.4, -0.2) is 35.6 Å². The van der Waals surface area contributed by atoms with Crippen molar-refractivity contribution in [2.45, 2.75) is 20.4 Å². The Bertz CT molecular complexity index is 735. The quantitative estimate of drug-likeness (QED) is 0.810. The third-order valence-electron chi connectivity index (χ3n) is 3.78. The SMILES string of the molecule is Cc1sc(NC(=O)CN(CCO)Cc2ccccc2)c(C#N)c1C. The van der Waals surface area contributed by atoms with Gasteiger partial charge in [0.25, 0.3) is 0 Å². The summed E-state index contributed by atoms with van der Waals surface area (Å²) in [6.45, 7) is 4.97. The molecule has 0 bridgehead atoms. The fourth-order valence-electron chi connectivity index (χ4n) is 2.42. The van der Waals surface area contributed by atoms with Gasteiger partial charge in [0.15, 0.2) is 0 Å². The van der Waals surface area contributed by atoms with Crippen molar-refractivity contribution in [3.8, 4) is 6.07 Å². The van der Waals surface area contributed by atoms with Crippen molar-refractivity contribution in [2.75, 3.05) is 25.0 Å². The number of nitriles is 1. The average molecular weight is 343 g/mol. The monoisotopic (exact) mass is 343 g/mol. The molecule has 1 aromatic carbocycles. The van der Waals surface area contributed by atoms with Crippen molar-refractivity contribution >= 4 is 22.2 Å². The minimum atomic E-state index is -0.183. The summed E-state index contributed by atoms with van der Waals surface area (Å²) in [6.07, 6.45) is 0. The van der Waals surface area contributed by atoms with Crippen molar-refractivity contribution in [1.82, 2.24) is 4.90 Å². The number of hydrogen-bond acceptors (Lipinski definition) is 5. The van der Waals surface area contributed by atoms with Gasteiger partial charge >= 0.3 is 0 Å². The summed E-state index contributed by atoms with van der Waals surface area (Å²) in [5.74, 6) is -0.183. The number of thiophene rings is 1. The molecule has 0 aliphatic rings. The van der Waals surface area contributed by atoms with E-state index in [-0.39, 0.29) is 19.1 Å². The van der Waals surface area contributed by atoms with E-state index in [1.807, 2.05) is 49.1 Å². The van der Waals surface area contributed by atoms with Crippen LogP contribution < -0.4 is 5.32 Å². The largest absolute Gasteiger partial charge is 0.395 e. The lowest BCUT2D eigenvalue weighted by Crippen LogP contribution is -2.34. The number of rotatable bonds is 7. The summed E-state index contributed by atoms with van der Waals surface area (Å²) < 4.78 is 0. The van der Waals surface area contributed by atoms with Gasteiger partial charge in [-0.25, -0.2) is 0 Å². The predicted molar refractivity (Wildman–Crippen MR) is 95.9 cm³/mol. The standard InChI is InChI=1S/C18H21N3O2S/c1-13-14(2)24-18(16(13)10-19)20-17(23)12-21(8-9-22)11-15-6-4-3-5-7-15/h3-7,22H,8-9,11-12H2,1-2H3,(H,20,23). The first kappa shape index (κ1) is 18.1. The summed E-state index contributed by atoms with van der Waals surface area (Å²) in [7, 11) is 0. The van der Waals surface area contributed by atoms with Gasteiger partial charge in [-0.1, -0.05) is 30.3 Å². The van der Waals surface area contributed by atoms with Crippen molar-refractivity contribution in [1.29, 1.82) is 5.26 Å². The highest BCUT2D eigenvalue weighted by atomic mass is 32.1. The minimum absolute atomic E-state index is 0.0131. The molecule has 2 aromatic rings. The summed E-state index contributed by atoms with van der Waals surface area (Å²) in [5, 5.41) is 21.9. The Balaban J connectivity index is 2.03. The molecule has 0 saturated heterocycles. The van der Waals surface area contributed by atoms with E-state index in [1.165, 1.54) is 11.3 Å². The Labute approximate surface area is 146 Å². The van der Waals surface area contributed by atoms with E-state index < -0.39 is 0 Å². The third kappa shape index (κ3) is 4.65. The Morgan fingerprint density at radius 3 is 2.67 bits per heavy atom. The second-order valence-electron chi connectivity index (χ2n) is 5.57. The van der Waals surface area contributed by atoms with E-state index in [4.69, 9.17) is 0 Å². The normalized spacial score (nSPS) is 10.6. The van der Waals surface area contributed by atoms with Gasteiger partial charge < -0.3 is 10.4 Å². The van der Waals surface area contributed by atoms with E-state index >= 15 is 0 Å². The van der Waals surface area contributed by atoms with Crippen LogP contribution in [-0.2, 0) is 11.3 Å². The Morgan fingerprint density at radius 2 is 2.04 bits per heavy atom. The molecule has 6 heteroatoms. The molecule has 2 N–H and O–H groups in total. The number of anilines is 1. The molecule has 0 atom stereocenters. The molecule has 0 saturated carbocycles. The van der Waals surface area contributed by atoms with E-state index in [2.05, 4.69) is 11.4 Å². The molecule has 2 rings (SSSR count). The van der Waals surface area contributed by atoms with Crippen LogP contribution in [0.25, 0.3) is 0 Å². The number of amides is 1. The van der Waals surface area contributed by atoms with Crippen molar-refractivity contribution in [3.63, 3.8) is 0 Å². The van der Waals surface area contributed by atoms with Crippen molar-refractivity contribution in [2.24, 2.45) is 0 Å². The number of aliphatic hydroxyl groups is 1. The van der Waals surface area contributed by atoms with Crippen LogP contribution in [0.2, 0.25) is 0 Å². The zero-order chi connectivity index (χ0) is 17.5. The predicted octanol–water partition coefficient (Wildman–Crippen LogP) is 2.67. The van der Waals surface area contributed by atoms with Gasteiger partial charge in [0.1, 0.15) is 11.1 Å². The molecule has 0 radical (unpaired) electrons. The number of nitrogens with zero attached hydrogens (tertiary/aromatic N) is 2. The number of nitrogens with one attached hydrogen (secondary N) is 1. The summed E-state index contributed by atoms with van der Waals surface area (Å²) in [4.78, 5) is 15.2. The smallest absolute Gasteiger partial charge is 0.239 e. The first-order chi connectivity index (χ1) is 11.5. The molecule has 126 valence electrons. The Hall–Kier alpha value is -2.20. The minimum Gasteiger partial charge on any atom is -0.395 e. The van der Waals surface area contributed by atoms with Crippen LogP contribution in [0.5, 0.6) is 0 Å². The second-order valence-corrected chi connectivity index (χ2v) is 6.79. The molecule has 0 aliphatic heterocycles. The van der Waals surface area contributed by atoms with Gasteiger partial charge in [-0.3, -0.25) is 9.69 Å². The molecule has 0 spiro atoms. The van der Waals surface area contributed by atoms with E-state index in [0.29, 0.717) is 23.7 Å². The highest BCUT2D eigenvalue weighted by Gasteiger charge is 2.16. The third-order valence-corrected chi connectivity index (χ3v) is 4.91. The lowest BCUT2D eigenvalue weighted by atomic mass is 10.2. The van der Waals surface area contributed by atoms with E-state index in [0.717, 1.165) is 16.0 Å². The maximum Gasteiger partial charge on any atom is 0.239 e. The van der Waals surface area contributed by atoms with E-state index in [1.54, 1.807) is 0 Å². The zero-order valence-corrected chi connectivity index (χ0v) is 14.7. The molecular weight excluding hydrogens is 322 g/mol. The molecule has 1 heterocycles. The first-order valence-electron chi connectivity index (χ1n) is 7.72. The lowest BCUT2D eigenvalue weighted by Gasteiger charge is -2.20. The number of carbonyl (C=O) groups excluding carboxylic acids is 1. The molecule has 5 nitrogen and oxygen atoms in total. The number of aliphatic hydroxyl groups excluding tert-OH is 1. The van der Waals surface area contributed by atoms with Gasteiger partial charge in [0.2, 0.25) is 5.91 Å². The van der Waals surface area contributed by atoms with Crippen LogP contribution >= 0.6 is 11.3 Å². The molecule has 0 aliphatic carbocycles. The summed E-state index contributed by atoms with van der Waals surface area (Å²) in [5.41, 5.74) is 2.52. The molecule has 0 unspecified atom stereocenters. The number of hydrogen-bond donors (Lipinski definition) is 2. The first-order valence-corrected chi connectivity index (χ1v) is 8.54. The summed E-state index contributed by atoms with van der Waals surface area (Å²) >= 11 is 1.42. The van der Waals surface area contributed by atoms with Gasteiger partial charge in [-0.15, -0.1) is 11.3 Å². The van der Waals surface area contributed by atoms with Crippen LogP contribution in [0.15, 0.2) is 30.3 Å². The highest BCUT2D eigenvalue weighted by molar-refractivity contribution is 7.16. The lowest BCUT2D eigenvalue weighted by molar-refractivity contribution is -0.117. The number of carbonyl (C=O) groups is 1. The molecule has 0 fully saturated rings. The van der Waals surface area contributed by atoms with Gasteiger partial charge in [0, 0.05) is 18.0 Å². The topological polar surface area (TPSA) is 76.4 Å². The molecular formula is C18H21N3O2S. The zero-order valence-electron chi connectivity index (χ0n) is 13.9. The van der Waals surface area contributed by atoms with Crippen LogP contribution in [0.3, 0.4) is 0 Å². The average Bonchev–Trinajstić information content (AvgIpc) is 2.82. The highest BCUT2D eigenvalue weighted by Crippen LogP contribution is 2.31. The molecule has 1 amide bonds. The Morgan fingerprint density at radius 1 is 1.33 bits per heavy atom. The molecule has 1 aromatic heterocycles. The maximum absolute atomic E-state index is 12.3. The van der Waals surface area contributed by atoms with Crippen molar-refractivity contribution in [3.05, 3.63) is 51.9 Å².